The summed E-state index contributed by atoms with van der Waals surface area (Å²) >= 11 is 6.26. The lowest BCUT2D eigenvalue weighted by Gasteiger charge is -2.19. The van der Waals surface area contributed by atoms with Gasteiger partial charge in [-0.3, -0.25) is 4.79 Å². The molecule has 1 heterocycles. The molecule has 180 valence electrons. The minimum Gasteiger partial charge on any atom is -0.497 e. The fraction of sp³-hybridized carbons (Fsp3) is 0.500. The number of likely N-dealkylation sites (tertiary alicyclic amines) is 1. The van der Waals surface area contributed by atoms with E-state index in [0.29, 0.717) is 34.4 Å². The van der Waals surface area contributed by atoms with Gasteiger partial charge in [0.1, 0.15) is 29.6 Å². The Bertz CT molecular complexity index is 904. The first-order valence-corrected chi connectivity index (χ1v) is 12.0. The van der Waals surface area contributed by atoms with Crippen molar-refractivity contribution < 1.29 is 19.0 Å². The van der Waals surface area contributed by atoms with E-state index in [2.05, 4.69) is 4.90 Å². The Hall–Kier alpha value is -2.44. The van der Waals surface area contributed by atoms with E-state index in [0.717, 1.165) is 37.2 Å². The van der Waals surface area contributed by atoms with Crippen molar-refractivity contribution in [2.45, 2.75) is 51.6 Å². The molecule has 0 bridgehead atoms. The molecule has 0 spiro atoms. The minimum absolute atomic E-state index is 0.179. The summed E-state index contributed by atoms with van der Waals surface area (Å²) < 4.78 is 16.7. The number of hydrogen-bond donors (Lipinski definition) is 1. The van der Waals surface area contributed by atoms with Crippen molar-refractivity contribution >= 4 is 23.1 Å². The molecule has 0 unspecified atom stereocenters. The summed E-state index contributed by atoms with van der Waals surface area (Å²) in [6.45, 7) is 3.56. The number of Topliss-reactive ketones (excluding diaryl/α,β-unsaturated/α-hetero) is 1. The summed E-state index contributed by atoms with van der Waals surface area (Å²) in [5.74, 6) is 2.12. The molecular formula is C26H35ClN2O4. The van der Waals surface area contributed by atoms with E-state index < -0.39 is 0 Å². The van der Waals surface area contributed by atoms with Crippen LogP contribution in [-0.4, -0.2) is 44.5 Å². The van der Waals surface area contributed by atoms with Gasteiger partial charge in [0.05, 0.1) is 24.9 Å². The van der Waals surface area contributed by atoms with Gasteiger partial charge < -0.3 is 24.8 Å². The molecule has 1 aliphatic rings. The van der Waals surface area contributed by atoms with Gasteiger partial charge in [0.25, 0.3) is 0 Å². The number of methoxy groups -OCH3 is 2. The zero-order valence-electron chi connectivity index (χ0n) is 19.7. The largest absolute Gasteiger partial charge is 0.497 e. The molecule has 2 aromatic rings. The molecule has 2 N–H and O–H groups in total. The van der Waals surface area contributed by atoms with Crippen LogP contribution in [0.2, 0.25) is 5.02 Å². The zero-order valence-corrected chi connectivity index (χ0v) is 20.5. The molecule has 0 aliphatic carbocycles. The maximum absolute atomic E-state index is 12.7. The minimum atomic E-state index is 0.179. The number of rotatable bonds is 11. The van der Waals surface area contributed by atoms with Gasteiger partial charge in [-0.2, -0.15) is 0 Å². The predicted octanol–water partition coefficient (Wildman–Crippen LogP) is 5.29. The van der Waals surface area contributed by atoms with Crippen LogP contribution < -0.4 is 19.9 Å². The number of carbonyl (C=O) groups is 1. The van der Waals surface area contributed by atoms with Gasteiger partial charge in [0.2, 0.25) is 0 Å². The Morgan fingerprint density at radius 2 is 1.67 bits per heavy atom. The molecule has 1 fully saturated rings. The quantitative estimate of drug-likeness (QED) is 0.446. The monoisotopic (exact) mass is 474 g/mol. The molecule has 1 aliphatic heterocycles. The average Bonchev–Trinajstić information content (AvgIpc) is 3.09. The van der Waals surface area contributed by atoms with Crippen LogP contribution in [0.3, 0.4) is 0 Å². The maximum Gasteiger partial charge on any atom is 0.137 e. The van der Waals surface area contributed by atoms with Crippen molar-refractivity contribution in [1.82, 2.24) is 4.90 Å². The molecule has 2 aromatic carbocycles. The highest BCUT2D eigenvalue weighted by atomic mass is 35.5. The van der Waals surface area contributed by atoms with Gasteiger partial charge in [0.15, 0.2) is 0 Å². The van der Waals surface area contributed by atoms with Crippen LogP contribution in [0.4, 0.5) is 5.69 Å². The van der Waals surface area contributed by atoms with E-state index in [9.17, 15) is 4.79 Å². The third-order valence-electron chi connectivity index (χ3n) is 6.00. The smallest absolute Gasteiger partial charge is 0.137 e. The van der Waals surface area contributed by atoms with Crippen molar-refractivity contribution in [3.8, 4) is 17.2 Å². The van der Waals surface area contributed by atoms with Gasteiger partial charge in [-0.05, 0) is 62.7 Å². The van der Waals surface area contributed by atoms with Crippen LogP contribution in [0.5, 0.6) is 17.2 Å². The number of benzene rings is 2. The van der Waals surface area contributed by atoms with Crippen LogP contribution in [0.1, 0.15) is 49.7 Å². The Labute approximate surface area is 201 Å². The summed E-state index contributed by atoms with van der Waals surface area (Å²) in [6.07, 6.45) is 6.86. The first-order valence-electron chi connectivity index (χ1n) is 11.6. The molecule has 33 heavy (non-hydrogen) atoms. The van der Waals surface area contributed by atoms with Crippen molar-refractivity contribution in [3.63, 3.8) is 0 Å². The molecule has 6 nitrogen and oxygen atoms in total. The van der Waals surface area contributed by atoms with E-state index in [-0.39, 0.29) is 18.8 Å². The molecule has 1 saturated heterocycles. The van der Waals surface area contributed by atoms with Crippen LogP contribution >= 0.6 is 11.6 Å². The number of hydrogen-bond acceptors (Lipinski definition) is 6. The molecule has 7 heteroatoms. The lowest BCUT2D eigenvalue weighted by atomic mass is 10.0. The second kappa shape index (κ2) is 12.7. The number of carbonyl (C=O) groups excluding carboxylic acids is 1. The number of halogens is 1. The summed E-state index contributed by atoms with van der Waals surface area (Å²) in [7, 11) is 3.21. The lowest BCUT2D eigenvalue weighted by molar-refractivity contribution is -0.118. The van der Waals surface area contributed by atoms with Crippen LogP contribution in [0.25, 0.3) is 0 Å². The lowest BCUT2D eigenvalue weighted by Crippen LogP contribution is -2.26. The fourth-order valence-corrected chi connectivity index (χ4v) is 4.34. The van der Waals surface area contributed by atoms with Crippen LogP contribution in [0.15, 0.2) is 30.3 Å². The highest BCUT2D eigenvalue weighted by Crippen LogP contribution is 2.31. The summed E-state index contributed by atoms with van der Waals surface area (Å²) in [5.41, 5.74) is 8.07. The topological polar surface area (TPSA) is 74.0 Å². The van der Waals surface area contributed by atoms with E-state index in [1.54, 1.807) is 32.4 Å². The summed E-state index contributed by atoms with van der Waals surface area (Å²) in [5, 5.41) is 0.428. The van der Waals surface area contributed by atoms with E-state index in [1.807, 2.05) is 12.1 Å². The maximum atomic E-state index is 12.7. The average molecular weight is 475 g/mol. The van der Waals surface area contributed by atoms with Gasteiger partial charge in [-0.15, -0.1) is 0 Å². The molecule has 0 amide bonds. The third kappa shape index (κ3) is 7.83. The first-order chi connectivity index (χ1) is 16.0. The van der Waals surface area contributed by atoms with Gasteiger partial charge >= 0.3 is 0 Å². The SMILES string of the molecule is COc1cc(COc2cc(N)c(Cl)cc2CC(=O)CCCN2CCCCCC2)cc(OC)c1. The van der Waals surface area contributed by atoms with E-state index in [4.69, 9.17) is 31.5 Å². The molecule has 3 rings (SSSR count). The highest BCUT2D eigenvalue weighted by Gasteiger charge is 2.15. The van der Waals surface area contributed by atoms with E-state index >= 15 is 0 Å². The van der Waals surface area contributed by atoms with Crippen molar-refractivity contribution in [1.29, 1.82) is 0 Å². The number of nitrogen functional groups attached to an aromatic ring is 1. The number of anilines is 1. The highest BCUT2D eigenvalue weighted by molar-refractivity contribution is 6.33. The Morgan fingerprint density at radius 3 is 2.30 bits per heavy atom. The molecule has 0 aromatic heterocycles. The van der Waals surface area contributed by atoms with Crippen molar-refractivity contribution in [2.24, 2.45) is 0 Å². The molecular weight excluding hydrogens is 440 g/mol. The molecule has 0 radical (unpaired) electrons. The van der Waals surface area contributed by atoms with Crippen molar-refractivity contribution in [2.75, 3.05) is 39.6 Å². The van der Waals surface area contributed by atoms with Gasteiger partial charge in [-0.25, -0.2) is 0 Å². The standard InChI is InChI=1S/C26H35ClN2O4/c1-31-22-12-19(13-23(16-22)32-2)18-33-26-17-25(28)24(27)15-20(26)14-21(30)8-7-11-29-9-5-3-4-6-10-29/h12-13,15-17H,3-11,14,18,28H2,1-2H3. The Balaban J connectivity index is 1.61. The normalized spacial score (nSPS) is 14.5. The number of ether oxygens (including phenoxy) is 3. The van der Waals surface area contributed by atoms with Crippen LogP contribution in [-0.2, 0) is 17.8 Å². The summed E-state index contributed by atoms with van der Waals surface area (Å²) in [4.78, 5) is 15.2. The van der Waals surface area contributed by atoms with Crippen molar-refractivity contribution in [3.05, 3.63) is 46.5 Å². The van der Waals surface area contributed by atoms with E-state index in [1.165, 1.54) is 25.7 Å². The van der Waals surface area contributed by atoms with Gasteiger partial charge in [0, 0.05) is 30.5 Å². The predicted molar refractivity (Wildman–Crippen MR) is 133 cm³/mol. The zero-order chi connectivity index (χ0) is 23.6. The number of nitrogens with two attached hydrogens (primary N) is 1. The first kappa shape index (κ1) is 25.2. The number of nitrogens with zero attached hydrogens (tertiary/aromatic N) is 1. The third-order valence-corrected chi connectivity index (χ3v) is 6.33. The Morgan fingerprint density at radius 1 is 1.00 bits per heavy atom. The Kier molecular flexibility index (Phi) is 9.70. The molecule has 0 atom stereocenters. The second-order valence-electron chi connectivity index (χ2n) is 8.57. The van der Waals surface area contributed by atoms with Gasteiger partial charge in [-0.1, -0.05) is 24.4 Å². The van der Waals surface area contributed by atoms with Crippen LogP contribution in [0, 0.1) is 0 Å². The molecule has 0 saturated carbocycles. The summed E-state index contributed by atoms with van der Waals surface area (Å²) in [6, 6.07) is 9.01. The number of ketones is 1. The fourth-order valence-electron chi connectivity index (χ4n) is 4.15. The second-order valence-corrected chi connectivity index (χ2v) is 8.97.